The fourth-order valence-electron chi connectivity index (χ4n) is 5.68. The molecule has 7 heteroatoms. The average Bonchev–Trinajstić information content (AvgIpc) is 3.30. The molecule has 1 N–H and O–H groups in total. The number of allylic oxidation sites excluding steroid dienone is 1. The van der Waals surface area contributed by atoms with E-state index in [0.29, 0.717) is 16.5 Å². The van der Waals surface area contributed by atoms with Gasteiger partial charge in [-0.25, -0.2) is 4.79 Å². The summed E-state index contributed by atoms with van der Waals surface area (Å²) in [5.74, 6) is -0.154. The second-order valence-electron chi connectivity index (χ2n) is 10.3. The van der Waals surface area contributed by atoms with Gasteiger partial charge in [-0.3, -0.25) is 9.29 Å². The van der Waals surface area contributed by atoms with Crippen LogP contribution in [-0.2, 0) is 11.2 Å². The number of carboxylic acid groups (broad SMARTS) is 1. The predicted octanol–water partition coefficient (Wildman–Crippen LogP) is 8.20. The van der Waals surface area contributed by atoms with Crippen LogP contribution in [0.25, 0.3) is 17.2 Å². The average molecular weight is 581 g/mol. The van der Waals surface area contributed by atoms with Gasteiger partial charge in [0.05, 0.1) is 6.67 Å². The monoisotopic (exact) mass is 579 g/mol. The summed E-state index contributed by atoms with van der Waals surface area (Å²) >= 11 is 13.0. The lowest BCUT2D eigenvalue weighted by Gasteiger charge is -2.19. The lowest BCUT2D eigenvalue weighted by atomic mass is 9.87. The minimum Gasteiger partial charge on any atom is -0.489 e. The van der Waals surface area contributed by atoms with E-state index in [4.69, 9.17) is 33.0 Å². The molecule has 1 saturated heterocycles. The second-order valence-corrected chi connectivity index (χ2v) is 11.2. The van der Waals surface area contributed by atoms with Gasteiger partial charge in [0.25, 0.3) is 0 Å². The van der Waals surface area contributed by atoms with E-state index in [2.05, 4.69) is 29.2 Å². The summed E-state index contributed by atoms with van der Waals surface area (Å²) < 4.78 is 18.8. The number of hydrogen-bond donors (Lipinski definition) is 1. The fourth-order valence-corrected chi connectivity index (χ4v) is 6.21. The van der Waals surface area contributed by atoms with Crippen molar-refractivity contribution in [2.75, 3.05) is 26.3 Å². The maximum atomic E-state index is 12.6. The molecule has 0 aromatic heterocycles. The number of carbonyl (C=O) groups is 1. The Morgan fingerprint density at radius 2 is 1.85 bits per heavy atom. The summed E-state index contributed by atoms with van der Waals surface area (Å²) in [6.45, 7) is 2.23. The molecule has 40 heavy (non-hydrogen) atoms. The van der Waals surface area contributed by atoms with E-state index in [1.807, 2.05) is 30.3 Å². The van der Waals surface area contributed by atoms with Crippen molar-refractivity contribution < 1.29 is 19.0 Å². The molecule has 3 aromatic rings. The van der Waals surface area contributed by atoms with Gasteiger partial charge in [-0.1, -0.05) is 59.6 Å². The maximum Gasteiger partial charge on any atom is 0.328 e. The van der Waals surface area contributed by atoms with Crippen LogP contribution in [-0.4, -0.2) is 48.4 Å². The smallest absolute Gasteiger partial charge is 0.328 e. The summed E-state index contributed by atoms with van der Waals surface area (Å²) in [5, 5.41) is 10.3. The molecule has 1 aliphatic carbocycles. The zero-order valence-corrected chi connectivity index (χ0v) is 23.7. The Morgan fingerprint density at radius 3 is 2.60 bits per heavy atom. The number of fused-ring (bicyclic) bond motifs is 1. The Hall–Kier alpha value is -3.12. The summed E-state index contributed by atoms with van der Waals surface area (Å²) in [4.78, 5) is 13.3. The first-order valence-electron chi connectivity index (χ1n) is 13.7. The van der Waals surface area contributed by atoms with E-state index >= 15 is 0 Å². The highest BCUT2D eigenvalue weighted by Gasteiger charge is 2.25. The van der Waals surface area contributed by atoms with Crippen LogP contribution in [0.5, 0.6) is 5.75 Å². The number of hydrogen-bond acceptors (Lipinski definition) is 3. The predicted molar refractivity (Wildman–Crippen MR) is 161 cm³/mol. The number of likely N-dealkylation sites (tertiary alicyclic amines) is 1. The number of ether oxygens (including phenoxy) is 1. The molecule has 1 aliphatic heterocycles. The van der Waals surface area contributed by atoms with Gasteiger partial charge in [-0.15, -0.1) is 0 Å². The number of halogens is 3. The Kier molecular flexibility index (Phi) is 9.25. The minimum absolute atomic E-state index is 0.101. The van der Waals surface area contributed by atoms with Gasteiger partial charge < -0.3 is 9.84 Å². The van der Waals surface area contributed by atoms with E-state index in [-0.39, 0.29) is 12.8 Å². The van der Waals surface area contributed by atoms with Crippen LogP contribution in [0, 0.1) is 0 Å². The Balaban J connectivity index is 1.51. The molecule has 1 fully saturated rings. The SMILES string of the molecule is O=C(O)/C=C/c1ccc2c(c1)CCCC(c1ccc(Cl)cc1Cl)=C2c1ccc(O[C@H]2CCN(CCCF)C2)cc1. The lowest BCUT2D eigenvalue weighted by molar-refractivity contribution is -0.131. The zero-order chi connectivity index (χ0) is 28.1. The van der Waals surface area contributed by atoms with Gasteiger partial charge in [0, 0.05) is 35.8 Å². The van der Waals surface area contributed by atoms with E-state index < -0.39 is 5.97 Å². The van der Waals surface area contributed by atoms with Crippen LogP contribution in [0.2, 0.25) is 10.0 Å². The third-order valence-electron chi connectivity index (χ3n) is 7.53. The van der Waals surface area contributed by atoms with Crippen molar-refractivity contribution in [1.82, 2.24) is 4.90 Å². The normalized spacial score (nSPS) is 17.7. The minimum atomic E-state index is -0.970. The first kappa shape index (κ1) is 28.4. The van der Waals surface area contributed by atoms with Crippen molar-refractivity contribution in [3.05, 3.63) is 105 Å². The lowest BCUT2D eigenvalue weighted by Crippen LogP contribution is -2.26. The first-order chi connectivity index (χ1) is 19.4. The zero-order valence-electron chi connectivity index (χ0n) is 22.2. The summed E-state index contributed by atoms with van der Waals surface area (Å²) in [5.41, 5.74) is 7.41. The molecule has 0 unspecified atom stereocenters. The van der Waals surface area contributed by atoms with Gasteiger partial charge >= 0.3 is 5.97 Å². The molecule has 4 nitrogen and oxygen atoms in total. The van der Waals surface area contributed by atoms with Crippen molar-refractivity contribution >= 4 is 46.4 Å². The van der Waals surface area contributed by atoms with Crippen molar-refractivity contribution in [1.29, 1.82) is 0 Å². The topological polar surface area (TPSA) is 49.8 Å². The second kappa shape index (κ2) is 13.0. The van der Waals surface area contributed by atoms with E-state index in [9.17, 15) is 9.18 Å². The molecule has 208 valence electrons. The van der Waals surface area contributed by atoms with Crippen LogP contribution in [0.3, 0.4) is 0 Å². The van der Waals surface area contributed by atoms with Crippen LogP contribution in [0.4, 0.5) is 4.39 Å². The third kappa shape index (κ3) is 6.77. The van der Waals surface area contributed by atoms with Gasteiger partial charge in [-0.2, -0.15) is 0 Å². The number of rotatable bonds is 9. The van der Waals surface area contributed by atoms with E-state index in [0.717, 1.165) is 90.5 Å². The number of aliphatic carboxylic acids is 1. The maximum absolute atomic E-state index is 12.6. The van der Waals surface area contributed by atoms with Crippen molar-refractivity contribution in [3.8, 4) is 5.75 Å². The molecular formula is C33H32Cl2FNO3. The molecule has 0 spiro atoms. The number of aryl methyl sites for hydroxylation is 1. The van der Waals surface area contributed by atoms with Gasteiger partial charge in [0.2, 0.25) is 0 Å². The summed E-state index contributed by atoms with van der Waals surface area (Å²) in [7, 11) is 0. The van der Waals surface area contributed by atoms with Gasteiger partial charge in [0.15, 0.2) is 0 Å². The highest BCUT2D eigenvalue weighted by Crippen LogP contribution is 2.42. The molecule has 0 radical (unpaired) electrons. The largest absolute Gasteiger partial charge is 0.489 e. The third-order valence-corrected chi connectivity index (χ3v) is 8.08. The number of alkyl halides is 1. The van der Waals surface area contributed by atoms with Crippen LogP contribution in [0.15, 0.2) is 66.7 Å². The summed E-state index contributed by atoms with van der Waals surface area (Å²) in [6.07, 6.45) is 7.02. The standard InChI is InChI=1S/C33H32Cl2FNO3/c34-25-9-13-29(31(35)20-25)30-4-1-3-24-19-22(6-14-32(38)39)5-12-28(24)33(30)23-7-10-26(11-8-23)40-27-15-18-37(21-27)17-2-16-36/h5-14,19-20,27H,1-4,15-18,21H2,(H,38,39)/b14-6+/t27-/m0/s1. The molecule has 0 saturated carbocycles. The van der Waals surface area contributed by atoms with Crippen molar-refractivity contribution in [2.45, 2.75) is 38.2 Å². The Bertz CT molecular complexity index is 1430. The van der Waals surface area contributed by atoms with Crippen LogP contribution < -0.4 is 4.74 Å². The van der Waals surface area contributed by atoms with Gasteiger partial charge in [0.1, 0.15) is 11.9 Å². The van der Waals surface area contributed by atoms with Crippen LogP contribution in [0.1, 0.15) is 53.5 Å². The van der Waals surface area contributed by atoms with Crippen molar-refractivity contribution in [2.24, 2.45) is 0 Å². The molecule has 1 heterocycles. The molecule has 1 atom stereocenters. The Morgan fingerprint density at radius 1 is 1.05 bits per heavy atom. The molecule has 5 rings (SSSR count). The van der Waals surface area contributed by atoms with Crippen molar-refractivity contribution in [3.63, 3.8) is 0 Å². The van der Waals surface area contributed by atoms with Gasteiger partial charge in [-0.05, 0) is 101 Å². The molecular weight excluding hydrogens is 548 g/mol. The number of nitrogens with zero attached hydrogens (tertiary/aromatic N) is 1. The number of carboxylic acids is 1. The fraction of sp³-hybridized carbons (Fsp3) is 0.303. The van der Waals surface area contributed by atoms with Crippen LogP contribution >= 0.6 is 23.2 Å². The number of benzene rings is 3. The molecule has 0 amide bonds. The first-order valence-corrected chi connectivity index (χ1v) is 14.4. The van der Waals surface area contributed by atoms with E-state index in [1.54, 1.807) is 12.1 Å². The molecule has 0 bridgehead atoms. The highest BCUT2D eigenvalue weighted by atomic mass is 35.5. The highest BCUT2D eigenvalue weighted by molar-refractivity contribution is 6.36. The van der Waals surface area contributed by atoms with E-state index in [1.165, 1.54) is 5.56 Å². The molecule has 2 aliphatic rings. The Labute approximate surface area is 244 Å². The summed E-state index contributed by atoms with van der Waals surface area (Å²) in [6, 6.07) is 20.0. The quantitative estimate of drug-likeness (QED) is 0.259. The molecule has 3 aromatic carbocycles.